The van der Waals surface area contributed by atoms with Crippen LogP contribution in [0.4, 0.5) is 0 Å². The van der Waals surface area contributed by atoms with Crippen molar-refractivity contribution in [2.24, 2.45) is 11.8 Å². The number of hydrogen-bond acceptors (Lipinski definition) is 4. The Morgan fingerprint density at radius 2 is 2.16 bits per heavy atom. The molecule has 2 atom stereocenters. The predicted octanol–water partition coefficient (Wildman–Crippen LogP) is 2.05. The Bertz CT molecular complexity index is 352. The number of rotatable bonds is 6. The van der Waals surface area contributed by atoms with E-state index in [1.165, 1.54) is 32.1 Å². The summed E-state index contributed by atoms with van der Waals surface area (Å²) in [7, 11) is 1.79. The third kappa shape index (κ3) is 4.00. The molecular formula is C15H25N3O. The van der Waals surface area contributed by atoms with Gasteiger partial charge in [0.2, 0.25) is 0 Å². The van der Waals surface area contributed by atoms with Crippen LogP contribution in [-0.4, -0.2) is 24.2 Å². The van der Waals surface area contributed by atoms with Gasteiger partial charge >= 0.3 is 0 Å². The van der Waals surface area contributed by atoms with Crippen LogP contribution in [-0.2, 0) is 11.2 Å². The van der Waals surface area contributed by atoms with Crippen LogP contribution in [0, 0.1) is 5.92 Å². The van der Waals surface area contributed by atoms with Gasteiger partial charge in [0.15, 0.2) is 0 Å². The van der Waals surface area contributed by atoms with Gasteiger partial charge in [0.05, 0.1) is 12.1 Å². The van der Waals surface area contributed by atoms with Crippen molar-refractivity contribution in [3.63, 3.8) is 0 Å². The van der Waals surface area contributed by atoms with Crippen LogP contribution in [0.15, 0.2) is 24.4 Å². The molecule has 1 heterocycles. The molecule has 4 heteroatoms. The highest BCUT2D eigenvalue weighted by atomic mass is 16.5. The highest BCUT2D eigenvalue weighted by molar-refractivity contribution is 5.06. The van der Waals surface area contributed by atoms with Crippen molar-refractivity contribution in [2.45, 2.75) is 50.7 Å². The zero-order valence-corrected chi connectivity index (χ0v) is 11.7. The first kappa shape index (κ1) is 14.4. The van der Waals surface area contributed by atoms with Crippen molar-refractivity contribution in [2.75, 3.05) is 7.11 Å². The largest absolute Gasteiger partial charge is 0.379 e. The summed E-state index contributed by atoms with van der Waals surface area (Å²) >= 11 is 0. The van der Waals surface area contributed by atoms with Crippen LogP contribution in [0.5, 0.6) is 0 Å². The van der Waals surface area contributed by atoms with Crippen LogP contribution in [0.1, 0.15) is 37.8 Å². The monoisotopic (exact) mass is 263 g/mol. The van der Waals surface area contributed by atoms with E-state index in [4.69, 9.17) is 10.6 Å². The number of hydrazine groups is 1. The van der Waals surface area contributed by atoms with E-state index in [0.29, 0.717) is 5.92 Å². The summed E-state index contributed by atoms with van der Waals surface area (Å²) in [4.78, 5) is 4.38. The van der Waals surface area contributed by atoms with E-state index in [2.05, 4.69) is 10.4 Å². The maximum absolute atomic E-state index is 5.75. The normalized spacial score (nSPS) is 20.1. The Morgan fingerprint density at radius 3 is 2.74 bits per heavy atom. The first-order valence-electron chi connectivity index (χ1n) is 7.24. The molecule has 2 unspecified atom stereocenters. The summed E-state index contributed by atoms with van der Waals surface area (Å²) in [6, 6.07) is 6.11. The lowest BCUT2D eigenvalue weighted by Gasteiger charge is -2.34. The van der Waals surface area contributed by atoms with Gasteiger partial charge in [0.25, 0.3) is 0 Å². The Hall–Kier alpha value is -0.970. The number of nitrogens with one attached hydrogen (secondary N) is 1. The molecule has 106 valence electrons. The summed E-state index contributed by atoms with van der Waals surface area (Å²) in [5.74, 6) is 6.36. The lowest BCUT2D eigenvalue weighted by Crippen LogP contribution is -2.49. The molecule has 0 bridgehead atoms. The van der Waals surface area contributed by atoms with Gasteiger partial charge in [-0.1, -0.05) is 25.3 Å². The molecule has 0 radical (unpaired) electrons. The van der Waals surface area contributed by atoms with E-state index in [-0.39, 0.29) is 12.1 Å². The molecule has 0 aliphatic heterocycles. The maximum Gasteiger partial charge on any atom is 0.0769 e. The van der Waals surface area contributed by atoms with Gasteiger partial charge in [-0.05, 0) is 30.9 Å². The number of nitrogens with two attached hydrogens (primary N) is 1. The van der Waals surface area contributed by atoms with Gasteiger partial charge in [-0.3, -0.25) is 16.3 Å². The molecule has 3 N–H and O–H groups in total. The van der Waals surface area contributed by atoms with Crippen molar-refractivity contribution in [3.05, 3.63) is 30.1 Å². The van der Waals surface area contributed by atoms with E-state index >= 15 is 0 Å². The summed E-state index contributed by atoms with van der Waals surface area (Å²) in [6.45, 7) is 0. The standard InChI is InChI=1S/C15H25N3O/c1-19-15(12-7-3-2-4-8-12)14(18-16)11-13-9-5-6-10-17-13/h5-6,9-10,12,14-15,18H,2-4,7-8,11,16H2,1H3. The summed E-state index contributed by atoms with van der Waals surface area (Å²) < 4.78 is 5.74. The second-order valence-corrected chi connectivity index (χ2v) is 5.40. The predicted molar refractivity (Wildman–Crippen MR) is 76.4 cm³/mol. The number of ether oxygens (including phenoxy) is 1. The van der Waals surface area contributed by atoms with Crippen LogP contribution >= 0.6 is 0 Å². The fourth-order valence-corrected chi connectivity index (χ4v) is 3.16. The van der Waals surface area contributed by atoms with Gasteiger partial charge in [-0.25, -0.2) is 0 Å². The Morgan fingerprint density at radius 1 is 1.37 bits per heavy atom. The number of aromatic nitrogens is 1. The number of methoxy groups -OCH3 is 1. The zero-order chi connectivity index (χ0) is 13.5. The lowest BCUT2D eigenvalue weighted by atomic mass is 9.81. The summed E-state index contributed by atoms with van der Waals surface area (Å²) in [6.07, 6.45) is 9.28. The molecule has 0 amide bonds. The van der Waals surface area contributed by atoms with Gasteiger partial charge in [-0.15, -0.1) is 0 Å². The van der Waals surface area contributed by atoms with Crippen molar-refractivity contribution < 1.29 is 4.74 Å². The topological polar surface area (TPSA) is 60.2 Å². The quantitative estimate of drug-likeness (QED) is 0.609. The highest BCUT2D eigenvalue weighted by Crippen LogP contribution is 2.29. The number of hydrogen-bond donors (Lipinski definition) is 2. The van der Waals surface area contributed by atoms with Gasteiger partial charge in [-0.2, -0.15) is 0 Å². The minimum atomic E-state index is 0.128. The van der Waals surface area contributed by atoms with Crippen LogP contribution in [0.25, 0.3) is 0 Å². The second kappa shape index (κ2) is 7.58. The van der Waals surface area contributed by atoms with E-state index < -0.39 is 0 Å². The average Bonchev–Trinajstić information content (AvgIpc) is 2.49. The molecule has 19 heavy (non-hydrogen) atoms. The minimum absolute atomic E-state index is 0.128. The molecule has 1 aromatic heterocycles. The van der Waals surface area contributed by atoms with Crippen molar-refractivity contribution in [1.29, 1.82) is 0 Å². The SMILES string of the molecule is COC(C1CCCCC1)C(Cc1ccccn1)NN. The zero-order valence-electron chi connectivity index (χ0n) is 11.7. The van der Waals surface area contributed by atoms with Crippen molar-refractivity contribution >= 4 is 0 Å². The Balaban J connectivity index is 2.01. The number of nitrogens with zero attached hydrogens (tertiary/aromatic N) is 1. The van der Waals surface area contributed by atoms with E-state index in [1.54, 1.807) is 7.11 Å². The fourth-order valence-electron chi connectivity index (χ4n) is 3.16. The van der Waals surface area contributed by atoms with E-state index in [0.717, 1.165) is 12.1 Å². The van der Waals surface area contributed by atoms with Gasteiger partial charge < -0.3 is 4.74 Å². The van der Waals surface area contributed by atoms with E-state index in [1.807, 2.05) is 24.4 Å². The van der Waals surface area contributed by atoms with Crippen molar-refractivity contribution in [1.82, 2.24) is 10.4 Å². The fraction of sp³-hybridized carbons (Fsp3) is 0.667. The molecule has 4 nitrogen and oxygen atoms in total. The van der Waals surface area contributed by atoms with Crippen LogP contribution in [0.2, 0.25) is 0 Å². The molecule has 1 aliphatic carbocycles. The maximum atomic E-state index is 5.75. The first-order valence-corrected chi connectivity index (χ1v) is 7.24. The molecule has 1 saturated carbocycles. The molecule has 1 aliphatic rings. The van der Waals surface area contributed by atoms with Crippen LogP contribution in [0.3, 0.4) is 0 Å². The molecular weight excluding hydrogens is 238 g/mol. The molecule has 0 saturated heterocycles. The summed E-state index contributed by atoms with van der Waals surface area (Å²) in [5, 5.41) is 0. The lowest BCUT2D eigenvalue weighted by molar-refractivity contribution is 0.00805. The average molecular weight is 263 g/mol. The smallest absolute Gasteiger partial charge is 0.0769 e. The van der Waals surface area contributed by atoms with E-state index in [9.17, 15) is 0 Å². The number of pyridine rings is 1. The Kier molecular flexibility index (Phi) is 5.76. The Labute approximate surface area is 115 Å². The summed E-state index contributed by atoms with van der Waals surface area (Å²) in [5.41, 5.74) is 3.99. The van der Waals surface area contributed by atoms with Crippen LogP contribution < -0.4 is 11.3 Å². The second-order valence-electron chi connectivity index (χ2n) is 5.40. The third-order valence-corrected chi connectivity index (χ3v) is 4.15. The first-order chi connectivity index (χ1) is 9.35. The highest BCUT2D eigenvalue weighted by Gasteiger charge is 2.30. The molecule has 0 aromatic carbocycles. The molecule has 2 rings (SSSR count). The molecule has 1 fully saturated rings. The molecule has 0 spiro atoms. The molecule has 1 aromatic rings. The van der Waals surface area contributed by atoms with Gasteiger partial charge in [0, 0.05) is 25.4 Å². The van der Waals surface area contributed by atoms with Gasteiger partial charge in [0.1, 0.15) is 0 Å². The van der Waals surface area contributed by atoms with Crippen molar-refractivity contribution in [3.8, 4) is 0 Å². The third-order valence-electron chi connectivity index (χ3n) is 4.15. The minimum Gasteiger partial charge on any atom is -0.379 e.